The maximum absolute atomic E-state index is 11.4. The summed E-state index contributed by atoms with van der Waals surface area (Å²) >= 11 is 5.93. The highest BCUT2D eigenvalue weighted by molar-refractivity contribution is 6.30. The van der Waals surface area contributed by atoms with Crippen LogP contribution in [-0.2, 0) is 12.1 Å². The summed E-state index contributed by atoms with van der Waals surface area (Å²) in [5.41, 5.74) is -0.787. The van der Waals surface area contributed by atoms with Crippen LogP contribution in [0.4, 0.5) is 0 Å². The molecular formula is C16H20ClN3O2. The third-order valence-corrected chi connectivity index (χ3v) is 5.27. The average molecular weight is 322 g/mol. The molecule has 3 rings (SSSR count). The molecule has 0 aliphatic heterocycles. The van der Waals surface area contributed by atoms with E-state index >= 15 is 0 Å². The van der Waals surface area contributed by atoms with E-state index in [1.54, 1.807) is 0 Å². The molecule has 2 N–H and O–H groups in total. The third-order valence-electron chi connectivity index (χ3n) is 5.01. The Morgan fingerprint density at radius 2 is 2.09 bits per heavy atom. The van der Waals surface area contributed by atoms with E-state index in [-0.39, 0.29) is 12.5 Å². The zero-order chi connectivity index (χ0) is 15.8. The van der Waals surface area contributed by atoms with E-state index in [2.05, 4.69) is 10.1 Å². The van der Waals surface area contributed by atoms with Crippen LogP contribution in [0.15, 0.2) is 36.9 Å². The molecule has 1 aromatic heterocycles. The minimum Gasteiger partial charge on any atom is -0.396 e. The van der Waals surface area contributed by atoms with Gasteiger partial charge in [-0.15, -0.1) is 0 Å². The number of aliphatic hydroxyl groups is 2. The lowest BCUT2D eigenvalue weighted by Gasteiger charge is -2.41. The molecule has 1 aromatic carbocycles. The van der Waals surface area contributed by atoms with Crippen LogP contribution in [0, 0.1) is 11.3 Å². The molecule has 5 nitrogen and oxygen atoms in total. The van der Waals surface area contributed by atoms with Gasteiger partial charge in [-0.2, -0.15) is 5.10 Å². The molecule has 118 valence electrons. The van der Waals surface area contributed by atoms with Crippen LogP contribution in [0.1, 0.15) is 25.3 Å². The van der Waals surface area contributed by atoms with Gasteiger partial charge in [-0.1, -0.05) is 30.7 Å². The van der Waals surface area contributed by atoms with Crippen molar-refractivity contribution in [1.29, 1.82) is 0 Å². The van der Waals surface area contributed by atoms with Gasteiger partial charge >= 0.3 is 0 Å². The van der Waals surface area contributed by atoms with Gasteiger partial charge in [-0.25, -0.2) is 9.67 Å². The van der Waals surface area contributed by atoms with Crippen molar-refractivity contribution >= 4 is 11.6 Å². The second-order valence-corrected chi connectivity index (χ2v) is 6.79. The van der Waals surface area contributed by atoms with E-state index in [4.69, 9.17) is 11.6 Å². The molecule has 0 radical (unpaired) electrons. The Kier molecular flexibility index (Phi) is 3.97. The topological polar surface area (TPSA) is 71.2 Å². The van der Waals surface area contributed by atoms with Crippen molar-refractivity contribution in [3.05, 3.63) is 47.5 Å². The number of halogens is 1. The normalized spacial score (nSPS) is 31.5. The molecule has 6 heteroatoms. The molecule has 0 amide bonds. The van der Waals surface area contributed by atoms with Crippen LogP contribution in [0.25, 0.3) is 0 Å². The highest BCUT2D eigenvalue weighted by Gasteiger charge is 2.58. The zero-order valence-corrected chi connectivity index (χ0v) is 13.2. The molecule has 1 aliphatic rings. The Morgan fingerprint density at radius 3 is 2.68 bits per heavy atom. The van der Waals surface area contributed by atoms with Gasteiger partial charge in [-0.05, 0) is 37.0 Å². The van der Waals surface area contributed by atoms with Gasteiger partial charge in [0.25, 0.3) is 0 Å². The van der Waals surface area contributed by atoms with Gasteiger partial charge < -0.3 is 10.2 Å². The molecule has 1 saturated carbocycles. The molecule has 0 bridgehead atoms. The molecule has 1 heterocycles. The highest BCUT2D eigenvalue weighted by atomic mass is 35.5. The maximum atomic E-state index is 11.4. The standard InChI is InChI=1S/C16H20ClN3O2/c1-15(9-21)7-6-13(8-12-2-4-14(17)5-3-12)16(15,22)20-11-18-10-19-20/h2-5,10-11,13,21-22H,6-9H2,1H3. The van der Waals surface area contributed by atoms with Gasteiger partial charge in [0, 0.05) is 16.4 Å². The Labute approximate surface area is 134 Å². The molecule has 1 aliphatic carbocycles. The van der Waals surface area contributed by atoms with Crippen LogP contribution in [-0.4, -0.2) is 31.6 Å². The second kappa shape index (κ2) is 5.65. The average Bonchev–Trinajstić information content (AvgIpc) is 3.13. The lowest BCUT2D eigenvalue weighted by molar-refractivity contribution is -0.175. The quantitative estimate of drug-likeness (QED) is 0.906. The predicted molar refractivity (Wildman–Crippen MR) is 83.3 cm³/mol. The lowest BCUT2D eigenvalue weighted by Crippen LogP contribution is -2.51. The summed E-state index contributed by atoms with van der Waals surface area (Å²) in [5.74, 6) is -0.0486. The van der Waals surface area contributed by atoms with E-state index in [9.17, 15) is 10.2 Å². The SMILES string of the molecule is CC1(CO)CCC(Cc2ccc(Cl)cc2)C1(O)n1cncn1. The zero-order valence-electron chi connectivity index (χ0n) is 12.5. The Balaban J connectivity index is 1.95. The summed E-state index contributed by atoms with van der Waals surface area (Å²) in [6, 6.07) is 7.65. The first-order chi connectivity index (χ1) is 10.5. The first kappa shape index (κ1) is 15.5. The maximum Gasteiger partial charge on any atom is 0.170 e. The molecule has 0 saturated heterocycles. The van der Waals surface area contributed by atoms with E-state index in [1.807, 2.05) is 31.2 Å². The van der Waals surface area contributed by atoms with Crippen molar-refractivity contribution in [2.24, 2.45) is 11.3 Å². The first-order valence-electron chi connectivity index (χ1n) is 7.42. The summed E-state index contributed by atoms with van der Waals surface area (Å²) in [7, 11) is 0. The molecule has 1 fully saturated rings. The van der Waals surface area contributed by atoms with Crippen molar-refractivity contribution in [1.82, 2.24) is 14.8 Å². The fraction of sp³-hybridized carbons (Fsp3) is 0.500. The van der Waals surface area contributed by atoms with Crippen LogP contribution < -0.4 is 0 Å². The van der Waals surface area contributed by atoms with Crippen molar-refractivity contribution in [3.63, 3.8) is 0 Å². The van der Waals surface area contributed by atoms with Gasteiger partial charge in [0.2, 0.25) is 0 Å². The largest absolute Gasteiger partial charge is 0.396 e. The molecule has 3 atom stereocenters. The predicted octanol–water partition coefficient (Wildman–Crippen LogP) is 2.23. The number of aliphatic hydroxyl groups excluding tert-OH is 1. The highest BCUT2D eigenvalue weighted by Crippen LogP contribution is 2.53. The smallest absolute Gasteiger partial charge is 0.170 e. The molecular weight excluding hydrogens is 302 g/mol. The van der Waals surface area contributed by atoms with E-state index in [0.29, 0.717) is 11.4 Å². The number of rotatable bonds is 4. The van der Waals surface area contributed by atoms with E-state index < -0.39 is 11.1 Å². The molecule has 3 unspecified atom stereocenters. The molecule has 2 aromatic rings. The summed E-state index contributed by atoms with van der Waals surface area (Å²) in [6.07, 6.45) is 5.18. The fourth-order valence-corrected chi connectivity index (χ4v) is 3.69. The second-order valence-electron chi connectivity index (χ2n) is 6.35. The number of hydrogen-bond donors (Lipinski definition) is 2. The van der Waals surface area contributed by atoms with Crippen molar-refractivity contribution in [3.8, 4) is 0 Å². The van der Waals surface area contributed by atoms with Gasteiger partial charge in [0.15, 0.2) is 5.72 Å². The van der Waals surface area contributed by atoms with E-state index in [0.717, 1.165) is 18.4 Å². The number of aromatic nitrogens is 3. The monoisotopic (exact) mass is 321 g/mol. The fourth-order valence-electron chi connectivity index (χ4n) is 3.56. The Morgan fingerprint density at radius 1 is 1.36 bits per heavy atom. The van der Waals surface area contributed by atoms with Gasteiger partial charge in [0.05, 0.1) is 6.61 Å². The Hall–Kier alpha value is -1.43. The Bertz CT molecular complexity index is 631. The van der Waals surface area contributed by atoms with Crippen molar-refractivity contribution in [2.75, 3.05) is 6.61 Å². The van der Waals surface area contributed by atoms with Crippen LogP contribution in [0.5, 0.6) is 0 Å². The van der Waals surface area contributed by atoms with Crippen LogP contribution >= 0.6 is 11.6 Å². The van der Waals surface area contributed by atoms with Gasteiger partial charge in [-0.3, -0.25) is 0 Å². The third kappa shape index (κ3) is 2.33. The molecule has 22 heavy (non-hydrogen) atoms. The lowest BCUT2D eigenvalue weighted by atomic mass is 9.78. The minimum absolute atomic E-state index is 0.0486. The summed E-state index contributed by atoms with van der Waals surface area (Å²) in [6.45, 7) is 1.80. The van der Waals surface area contributed by atoms with Crippen LogP contribution in [0.3, 0.4) is 0 Å². The van der Waals surface area contributed by atoms with E-state index in [1.165, 1.54) is 17.3 Å². The van der Waals surface area contributed by atoms with Crippen molar-refractivity contribution < 1.29 is 10.2 Å². The van der Waals surface area contributed by atoms with Crippen LogP contribution in [0.2, 0.25) is 5.02 Å². The molecule has 0 spiro atoms. The number of hydrogen-bond acceptors (Lipinski definition) is 4. The summed E-state index contributed by atoms with van der Waals surface area (Å²) in [5, 5.41) is 26.1. The summed E-state index contributed by atoms with van der Waals surface area (Å²) < 4.78 is 1.50. The number of benzene rings is 1. The minimum atomic E-state index is -1.25. The van der Waals surface area contributed by atoms with Crippen molar-refractivity contribution in [2.45, 2.75) is 31.9 Å². The number of nitrogens with zero attached hydrogens (tertiary/aromatic N) is 3. The summed E-state index contributed by atoms with van der Waals surface area (Å²) in [4.78, 5) is 3.96. The van der Waals surface area contributed by atoms with Gasteiger partial charge in [0.1, 0.15) is 12.7 Å². The first-order valence-corrected chi connectivity index (χ1v) is 7.80.